The molecule has 4 heteroatoms. The zero-order valence-corrected chi connectivity index (χ0v) is 12.9. The highest BCUT2D eigenvalue weighted by Crippen LogP contribution is 2.32. The average molecular weight is 300 g/mol. The first-order valence-electron chi connectivity index (χ1n) is 6.61. The Morgan fingerprint density at radius 1 is 1.10 bits per heavy atom. The summed E-state index contributed by atoms with van der Waals surface area (Å²) in [6, 6.07) is 14.7. The van der Waals surface area contributed by atoms with Crippen molar-refractivity contribution < 1.29 is 0 Å². The van der Waals surface area contributed by atoms with E-state index in [-0.39, 0.29) is 0 Å². The van der Waals surface area contributed by atoms with E-state index in [1.54, 1.807) is 23.1 Å². The van der Waals surface area contributed by atoms with Crippen LogP contribution in [-0.2, 0) is 12.2 Å². The molecular weight excluding hydrogens is 284 g/mol. The van der Waals surface area contributed by atoms with Crippen LogP contribution in [0.4, 0.5) is 5.69 Å². The van der Waals surface area contributed by atoms with Gasteiger partial charge in [-0.05, 0) is 35.7 Å². The normalized spacial score (nSPS) is 11.1. The van der Waals surface area contributed by atoms with Crippen LogP contribution < -0.4 is 5.73 Å². The number of nitrogen functional groups attached to an aromatic ring is 1. The van der Waals surface area contributed by atoms with Gasteiger partial charge in [-0.15, -0.1) is 11.3 Å². The quantitative estimate of drug-likeness (QED) is 0.559. The maximum atomic E-state index is 5.80. The Kier molecular flexibility index (Phi) is 3.94. The zero-order valence-electron chi connectivity index (χ0n) is 11.3. The van der Waals surface area contributed by atoms with Crippen molar-refractivity contribution in [2.24, 2.45) is 0 Å². The van der Waals surface area contributed by atoms with E-state index < -0.39 is 0 Å². The summed E-state index contributed by atoms with van der Waals surface area (Å²) >= 11 is 3.50. The second kappa shape index (κ2) is 5.85. The van der Waals surface area contributed by atoms with Crippen LogP contribution in [-0.4, -0.2) is 4.98 Å². The van der Waals surface area contributed by atoms with Crippen molar-refractivity contribution in [2.75, 3.05) is 5.73 Å². The van der Waals surface area contributed by atoms with E-state index in [9.17, 15) is 0 Å². The second-order valence-corrected chi connectivity index (χ2v) is 6.92. The van der Waals surface area contributed by atoms with E-state index in [1.165, 1.54) is 11.1 Å². The van der Waals surface area contributed by atoms with Gasteiger partial charge in [0, 0.05) is 11.4 Å². The summed E-state index contributed by atoms with van der Waals surface area (Å²) in [5.41, 5.74) is 10.4. The number of thioether (sulfide) groups is 1. The molecule has 2 N–H and O–H groups in total. The molecule has 1 heterocycles. The molecule has 0 amide bonds. The molecule has 20 heavy (non-hydrogen) atoms. The summed E-state index contributed by atoms with van der Waals surface area (Å²) in [4.78, 5) is 4.63. The van der Waals surface area contributed by atoms with Crippen molar-refractivity contribution in [1.29, 1.82) is 0 Å². The maximum Gasteiger partial charge on any atom is 0.151 e. The van der Waals surface area contributed by atoms with Crippen LogP contribution in [0.25, 0.3) is 10.2 Å². The number of rotatable bonds is 4. The monoisotopic (exact) mass is 300 g/mol. The first kappa shape index (κ1) is 13.5. The summed E-state index contributed by atoms with van der Waals surface area (Å²) in [7, 11) is 0. The summed E-state index contributed by atoms with van der Waals surface area (Å²) < 4.78 is 2.26. The highest BCUT2D eigenvalue weighted by atomic mass is 32.2. The number of thiazole rings is 1. The van der Waals surface area contributed by atoms with Crippen LogP contribution >= 0.6 is 23.1 Å². The van der Waals surface area contributed by atoms with Crippen molar-refractivity contribution in [2.45, 2.75) is 23.4 Å². The van der Waals surface area contributed by atoms with E-state index in [2.05, 4.69) is 36.2 Å². The number of nitrogens with zero attached hydrogens (tertiary/aromatic N) is 1. The lowest BCUT2D eigenvalue weighted by atomic mass is 10.1. The van der Waals surface area contributed by atoms with Crippen LogP contribution in [0.5, 0.6) is 0 Å². The molecule has 3 rings (SSSR count). The summed E-state index contributed by atoms with van der Waals surface area (Å²) in [6.07, 6.45) is 1.09. The molecule has 0 bridgehead atoms. The number of anilines is 1. The van der Waals surface area contributed by atoms with Gasteiger partial charge in [-0.25, -0.2) is 4.98 Å². The minimum absolute atomic E-state index is 0.799. The minimum Gasteiger partial charge on any atom is -0.399 e. The molecule has 0 radical (unpaired) electrons. The Bertz CT molecular complexity index is 717. The standard InChI is InChI=1S/C16H16N2S2/c1-2-11-3-5-12(6-4-11)10-19-16-18-14-8-7-13(17)9-15(14)20-16/h3-9H,2,10,17H2,1H3. The van der Waals surface area contributed by atoms with Crippen molar-refractivity contribution in [3.63, 3.8) is 0 Å². The number of hydrogen-bond donors (Lipinski definition) is 1. The highest BCUT2D eigenvalue weighted by Gasteiger charge is 2.05. The Morgan fingerprint density at radius 3 is 2.60 bits per heavy atom. The Balaban J connectivity index is 1.72. The van der Waals surface area contributed by atoms with Gasteiger partial charge in [0.15, 0.2) is 4.34 Å². The molecule has 0 spiro atoms. The first-order valence-corrected chi connectivity index (χ1v) is 8.41. The van der Waals surface area contributed by atoms with E-state index in [0.29, 0.717) is 0 Å². The van der Waals surface area contributed by atoms with Gasteiger partial charge < -0.3 is 5.73 Å². The van der Waals surface area contributed by atoms with Crippen LogP contribution in [0.3, 0.4) is 0 Å². The third kappa shape index (κ3) is 2.97. The first-order chi connectivity index (χ1) is 9.74. The zero-order chi connectivity index (χ0) is 13.9. The topological polar surface area (TPSA) is 38.9 Å². The van der Waals surface area contributed by atoms with E-state index in [4.69, 9.17) is 5.73 Å². The summed E-state index contributed by atoms with van der Waals surface area (Å²) in [5.74, 6) is 0.958. The third-order valence-corrected chi connectivity index (χ3v) is 5.42. The lowest BCUT2D eigenvalue weighted by Crippen LogP contribution is -1.83. The predicted molar refractivity (Wildman–Crippen MR) is 89.4 cm³/mol. The van der Waals surface area contributed by atoms with E-state index >= 15 is 0 Å². The molecular formula is C16H16N2S2. The van der Waals surface area contributed by atoms with Crippen molar-refractivity contribution in [3.05, 3.63) is 53.6 Å². The molecule has 0 aliphatic carbocycles. The second-order valence-electron chi connectivity index (χ2n) is 4.67. The Labute approximate surface area is 127 Å². The molecule has 0 unspecified atom stereocenters. The molecule has 0 aliphatic rings. The van der Waals surface area contributed by atoms with Crippen molar-refractivity contribution in [3.8, 4) is 0 Å². The molecule has 0 saturated heterocycles. The average Bonchev–Trinajstić information content (AvgIpc) is 2.87. The number of aromatic nitrogens is 1. The third-order valence-electron chi connectivity index (χ3n) is 3.19. The predicted octanol–water partition coefficient (Wildman–Crippen LogP) is 4.73. The maximum absolute atomic E-state index is 5.80. The SMILES string of the molecule is CCc1ccc(CSc2nc3ccc(N)cc3s2)cc1. The minimum atomic E-state index is 0.799. The lowest BCUT2D eigenvalue weighted by Gasteiger charge is -2.00. The van der Waals surface area contributed by atoms with Crippen LogP contribution in [0, 0.1) is 0 Å². The molecule has 0 aliphatic heterocycles. The van der Waals surface area contributed by atoms with Gasteiger partial charge in [-0.1, -0.05) is 43.0 Å². The molecule has 1 aromatic heterocycles. The van der Waals surface area contributed by atoms with Crippen molar-refractivity contribution >= 4 is 39.0 Å². The fourth-order valence-electron chi connectivity index (χ4n) is 2.00. The number of hydrogen-bond acceptors (Lipinski definition) is 4. The van der Waals surface area contributed by atoms with Gasteiger partial charge in [0.1, 0.15) is 0 Å². The molecule has 0 saturated carbocycles. The van der Waals surface area contributed by atoms with Gasteiger partial charge in [-0.3, -0.25) is 0 Å². The van der Waals surface area contributed by atoms with E-state index in [1.807, 2.05) is 18.2 Å². The summed E-state index contributed by atoms with van der Waals surface area (Å²) in [5, 5.41) is 0. The van der Waals surface area contributed by atoms with Gasteiger partial charge in [0.05, 0.1) is 10.2 Å². The molecule has 2 aromatic carbocycles. The molecule has 0 fully saturated rings. The number of benzene rings is 2. The molecule has 0 atom stereocenters. The highest BCUT2D eigenvalue weighted by molar-refractivity contribution is 8.00. The fraction of sp³-hybridized carbons (Fsp3) is 0.188. The van der Waals surface area contributed by atoms with Gasteiger partial charge >= 0.3 is 0 Å². The van der Waals surface area contributed by atoms with Crippen LogP contribution in [0.1, 0.15) is 18.1 Å². The lowest BCUT2D eigenvalue weighted by molar-refractivity contribution is 1.13. The van der Waals surface area contributed by atoms with Gasteiger partial charge in [0.25, 0.3) is 0 Å². The van der Waals surface area contributed by atoms with Gasteiger partial charge in [0.2, 0.25) is 0 Å². The Hall–Kier alpha value is -1.52. The molecule has 2 nitrogen and oxygen atoms in total. The molecule has 102 valence electrons. The number of fused-ring (bicyclic) bond motifs is 1. The van der Waals surface area contributed by atoms with Crippen LogP contribution in [0.2, 0.25) is 0 Å². The Morgan fingerprint density at radius 2 is 1.85 bits per heavy atom. The smallest absolute Gasteiger partial charge is 0.151 e. The van der Waals surface area contributed by atoms with E-state index in [0.717, 1.165) is 32.4 Å². The number of nitrogens with two attached hydrogens (primary N) is 1. The largest absolute Gasteiger partial charge is 0.399 e. The molecule has 3 aromatic rings. The number of aryl methyl sites for hydroxylation is 1. The van der Waals surface area contributed by atoms with Crippen molar-refractivity contribution in [1.82, 2.24) is 4.98 Å². The van der Waals surface area contributed by atoms with Gasteiger partial charge in [-0.2, -0.15) is 0 Å². The van der Waals surface area contributed by atoms with Crippen LogP contribution in [0.15, 0.2) is 46.8 Å². The summed E-state index contributed by atoms with van der Waals surface area (Å²) in [6.45, 7) is 2.18. The fourth-order valence-corrected chi connectivity index (χ4v) is 4.07.